The van der Waals surface area contributed by atoms with Crippen molar-refractivity contribution in [2.75, 3.05) is 6.54 Å². The molecule has 4 heteroatoms. The molecule has 2 heterocycles. The van der Waals surface area contributed by atoms with Gasteiger partial charge in [0.25, 0.3) is 0 Å². The summed E-state index contributed by atoms with van der Waals surface area (Å²) in [5.41, 5.74) is 3.54. The summed E-state index contributed by atoms with van der Waals surface area (Å²) in [6.07, 6.45) is 3.86. The highest BCUT2D eigenvalue weighted by atomic mass is 15.3. The third-order valence-electron chi connectivity index (χ3n) is 3.47. The summed E-state index contributed by atoms with van der Waals surface area (Å²) < 4.78 is 1.96. The van der Waals surface area contributed by atoms with Gasteiger partial charge in [-0.2, -0.15) is 5.10 Å². The van der Waals surface area contributed by atoms with Crippen molar-refractivity contribution in [1.82, 2.24) is 20.1 Å². The number of nitrogens with zero attached hydrogens (tertiary/aromatic N) is 3. The summed E-state index contributed by atoms with van der Waals surface area (Å²) in [7, 11) is 0. The zero-order valence-corrected chi connectivity index (χ0v) is 13.6. The van der Waals surface area contributed by atoms with Crippen LogP contribution in [0.1, 0.15) is 44.6 Å². The standard InChI is InChI=1S/C17H26N4/c1-5-15-9-16(6-2)21(20-15)17-8-7-14(12-19-17)11-18-10-13(3)4/h7-9,12-13,18H,5-6,10-11H2,1-4H3. The number of rotatable bonds is 7. The minimum absolute atomic E-state index is 0.667. The second-order valence-corrected chi connectivity index (χ2v) is 5.80. The Morgan fingerprint density at radius 2 is 2.00 bits per heavy atom. The minimum Gasteiger partial charge on any atom is -0.312 e. The van der Waals surface area contributed by atoms with Crippen LogP contribution in [0.5, 0.6) is 0 Å². The van der Waals surface area contributed by atoms with Gasteiger partial charge in [0.15, 0.2) is 5.82 Å². The van der Waals surface area contributed by atoms with Gasteiger partial charge >= 0.3 is 0 Å². The van der Waals surface area contributed by atoms with Gasteiger partial charge in [-0.25, -0.2) is 9.67 Å². The van der Waals surface area contributed by atoms with Crippen LogP contribution in [0.15, 0.2) is 24.4 Å². The zero-order valence-electron chi connectivity index (χ0n) is 13.6. The Morgan fingerprint density at radius 3 is 2.57 bits per heavy atom. The summed E-state index contributed by atoms with van der Waals surface area (Å²) in [6.45, 7) is 10.6. The lowest BCUT2D eigenvalue weighted by Gasteiger charge is -2.08. The molecule has 0 atom stereocenters. The predicted octanol–water partition coefficient (Wildman–Crippen LogP) is 3.14. The lowest BCUT2D eigenvalue weighted by Crippen LogP contribution is -2.19. The fraction of sp³-hybridized carbons (Fsp3) is 0.529. The molecule has 0 amide bonds. The molecule has 0 aromatic carbocycles. The van der Waals surface area contributed by atoms with Crippen molar-refractivity contribution in [2.24, 2.45) is 5.92 Å². The number of aromatic nitrogens is 3. The van der Waals surface area contributed by atoms with Gasteiger partial charge in [0.05, 0.1) is 5.69 Å². The fourth-order valence-corrected chi connectivity index (χ4v) is 2.25. The van der Waals surface area contributed by atoms with Crippen LogP contribution in [0.4, 0.5) is 0 Å². The Bertz CT molecular complexity index is 555. The highest BCUT2D eigenvalue weighted by molar-refractivity contribution is 5.28. The van der Waals surface area contributed by atoms with Gasteiger partial charge in [0, 0.05) is 18.4 Å². The lowest BCUT2D eigenvalue weighted by molar-refractivity contribution is 0.551. The molecule has 0 aliphatic heterocycles. The second kappa shape index (κ2) is 7.36. The SMILES string of the molecule is CCc1cc(CC)n(-c2ccc(CNCC(C)C)cn2)n1. The van der Waals surface area contributed by atoms with Crippen LogP contribution in [-0.4, -0.2) is 21.3 Å². The van der Waals surface area contributed by atoms with E-state index in [0.29, 0.717) is 5.92 Å². The number of nitrogens with one attached hydrogen (secondary N) is 1. The maximum atomic E-state index is 4.62. The van der Waals surface area contributed by atoms with E-state index in [0.717, 1.165) is 37.4 Å². The van der Waals surface area contributed by atoms with E-state index >= 15 is 0 Å². The van der Waals surface area contributed by atoms with E-state index in [-0.39, 0.29) is 0 Å². The Balaban J connectivity index is 2.09. The number of pyridine rings is 1. The minimum atomic E-state index is 0.667. The summed E-state index contributed by atoms with van der Waals surface area (Å²) in [5, 5.41) is 8.06. The van der Waals surface area contributed by atoms with Crippen molar-refractivity contribution < 1.29 is 0 Å². The normalized spacial score (nSPS) is 11.3. The number of hydrogen-bond donors (Lipinski definition) is 1. The Labute approximate surface area is 127 Å². The van der Waals surface area contributed by atoms with E-state index in [2.05, 4.69) is 61.3 Å². The van der Waals surface area contributed by atoms with Crippen LogP contribution in [0, 0.1) is 5.92 Å². The molecule has 2 aromatic rings. The summed E-state index contributed by atoms with van der Waals surface area (Å²) >= 11 is 0. The van der Waals surface area contributed by atoms with Crippen molar-refractivity contribution in [3.05, 3.63) is 41.3 Å². The topological polar surface area (TPSA) is 42.7 Å². The molecular formula is C17H26N4. The summed E-state index contributed by atoms with van der Waals surface area (Å²) in [5.74, 6) is 1.57. The molecular weight excluding hydrogens is 260 g/mol. The highest BCUT2D eigenvalue weighted by Gasteiger charge is 2.08. The van der Waals surface area contributed by atoms with Crippen LogP contribution < -0.4 is 5.32 Å². The molecule has 0 saturated carbocycles. The molecule has 0 saturated heterocycles. The molecule has 0 bridgehead atoms. The van der Waals surface area contributed by atoms with Crippen LogP contribution in [0.2, 0.25) is 0 Å². The molecule has 2 rings (SSSR count). The van der Waals surface area contributed by atoms with Crippen LogP contribution in [0.25, 0.3) is 5.82 Å². The first kappa shape index (κ1) is 15.7. The molecule has 4 nitrogen and oxygen atoms in total. The summed E-state index contributed by atoms with van der Waals surface area (Å²) in [6, 6.07) is 6.35. The Morgan fingerprint density at radius 1 is 1.19 bits per heavy atom. The molecule has 0 aliphatic rings. The van der Waals surface area contributed by atoms with Crippen molar-refractivity contribution >= 4 is 0 Å². The van der Waals surface area contributed by atoms with Crippen molar-refractivity contribution in [3.8, 4) is 5.82 Å². The van der Waals surface area contributed by atoms with E-state index < -0.39 is 0 Å². The van der Waals surface area contributed by atoms with Crippen molar-refractivity contribution in [1.29, 1.82) is 0 Å². The zero-order chi connectivity index (χ0) is 15.2. The molecule has 0 radical (unpaired) electrons. The average Bonchev–Trinajstić information content (AvgIpc) is 2.91. The first-order chi connectivity index (χ1) is 10.1. The molecule has 2 aromatic heterocycles. The Hall–Kier alpha value is -1.68. The van der Waals surface area contributed by atoms with Gasteiger partial charge in [-0.15, -0.1) is 0 Å². The van der Waals surface area contributed by atoms with Gasteiger partial charge in [-0.05, 0) is 43.0 Å². The van der Waals surface area contributed by atoms with Gasteiger partial charge in [0.2, 0.25) is 0 Å². The van der Waals surface area contributed by atoms with Crippen LogP contribution in [0.3, 0.4) is 0 Å². The van der Waals surface area contributed by atoms with Gasteiger partial charge in [-0.1, -0.05) is 33.8 Å². The van der Waals surface area contributed by atoms with Crippen molar-refractivity contribution in [2.45, 2.75) is 47.1 Å². The molecule has 21 heavy (non-hydrogen) atoms. The lowest BCUT2D eigenvalue weighted by atomic mass is 10.2. The highest BCUT2D eigenvalue weighted by Crippen LogP contribution is 2.12. The van der Waals surface area contributed by atoms with Crippen molar-refractivity contribution in [3.63, 3.8) is 0 Å². The fourth-order valence-electron chi connectivity index (χ4n) is 2.25. The number of aryl methyl sites for hydroxylation is 2. The second-order valence-electron chi connectivity index (χ2n) is 5.80. The molecule has 114 valence electrons. The van der Waals surface area contributed by atoms with E-state index in [1.54, 1.807) is 0 Å². The molecule has 0 fully saturated rings. The van der Waals surface area contributed by atoms with Gasteiger partial charge in [0.1, 0.15) is 0 Å². The van der Waals surface area contributed by atoms with E-state index in [4.69, 9.17) is 0 Å². The maximum Gasteiger partial charge on any atom is 0.153 e. The predicted molar refractivity (Wildman–Crippen MR) is 86.7 cm³/mol. The van der Waals surface area contributed by atoms with Crippen LogP contribution >= 0.6 is 0 Å². The van der Waals surface area contributed by atoms with E-state index in [1.165, 1.54) is 11.3 Å². The maximum absolute atomic E-state index is 4.62. The number of hydrogen-bond acceptors (Lipinski definition) is 3. The average molecular weight is 286 g/mol. The van der Waals surface area contributed by atoms with Gasteiger partial charge < -0.3 is 5.32 Å². The first-order valence-electron chi connectivity index (χ1n) is 7.87. The largest absolute Gasteiger partial charge is 0.312 e. The molecule has 0 unspecified atom stereocenters. The van der Waals surface area contributed by atoms with E-state index in [1.807, 2.05) is 10.9 Å². The van der Waals surface area contributed by atoms with E-state index in [9.17, 15) is 0 Å². The summed E-state index contributed by atoms with van der Waals surface area (Å²) in [4.78, 5) is 4.56. The molecule has 0 spiro atoms. The molecule has 0 aliphatic carbocycles. The Kier molecular flexibility index (Phi) is 5.51. The smallest absolute Gasteiger partial charge is 0.153 e. The third-order valence-corrected chi connectivity index (χ3v) is 3.47. The van der Waals surface area contributed by atoms with Gasteiger partial charge in [-0.3, -0.25) is 0 Å². The molecule has 1 N–H and O–H groups in total. The quantitative estimate of drug-likeness (QED) is 0.850. The first-order valence-corrected chi connectivity index (χ1v) is 7.87. The monoisotopic (exact) mass is 286 g/mol. The van der Waals surface area contributed by atoms with Crippen LogP contribution in [-0.2, 0) is 19.4 Å². The third kappa shape index (κ3) is 4.14.